The second kappa shape index (κ2) is 9.58. The van der Waals surface area contributed by atoms with Gasteiger partial charge in [0.1, 0.15) is 23.7 Å². The van der Waals surface area contributed by atoms with Crippen molar-refractivity contribution >= 4 is 11.8 Å². The molecule has 1 saturated heterocycles. The van der Waals surface area contributed by atoms with E-state index < -0.39 is 24.0 Å². The molecule has 2 aromatic rings. The van der Waals surface area contributed by atoms with E-state index in [0.29, 0.717) is 29.2 Å². The standard InChI is InChI=1S/C23H25FN4O3/c1-27(2)22(29)20(21(26)23(30)28-12-11-17(24)14-28)16-5-9-19(10-6-16)31-18-7-3-15(13-25)4-8-18/h3-10,17,20-21H,11-12,14,26H2,1-2H3/t17-,20-,21-/m0/s1. The van der Waals surface area contributed by atoms with Gasteiger partial charge in [0.25, 0.3) is 0 Å². The summed E-state index contributed by atoms with van der Waals surface area (Å²) in [5.41, 5.74) is 7.33. The first-order chi connectivity index (χ1) is 14.8. The highest BCUT2D eigenvalue weighted by atomic mass is 19.1. The summed E-state index contributed by atoms with van der Waals surface area (Å²) in [5, 5.41) is 8.87. The SMILES string of the molecule is CN(C)C(=O)[C@@H](c1ccc(Oc2ccc(C#N)cc2)cc1)[C@H](N)C(=O)N1CC[C@H](F)C1. The molecule has 0 aliphatic carbocycles. The molecule has 0 aromatic heterocycles. The zero-order chi connectivity index (χ0) is 22.5. The first kappa shape index (κ1) is 22.2. The van der Waals surface area contributed by atoms with Gasteiger partial charge in [-0.05, 0) is 48.4 Å². The number of nitrogens with two attached hydrogens (primary N) is 1. The lowest BCUT2D eigenvalue weighted by Crippen LogP contribution is -2.50. The number of halogens is 1. The topological polar surface area (TPSA) is 99.7 Å². The monoisotopic (exact) mass is 424 g/mol. The van der Waals surface area contributed by atoms with Crippen LogP contribution in [0.5, 0.6) is 11.5 Å². The number of likely N-dealkylation sites (tertiary alicyclic amines) is 1. The van der Waals surface area contributed by atoms with Crippen molar-refractivity contribution in [1.29, 1.82) is 5.26 Å². The van der Waals surface area contributed by atoms with E-state index in [4.69, 9.17) is 15.7 Å². The molecule has 1 heterocycles. The van der Waals surface area contributed by atoms with Crippen LogP contribution in [0.3, 0.4) is 0 Å². The Kier molecular flexibility index (Phi) is 6.88. The largest absolute Gasteiger partial charge is 0.457 e. The van der Waals surface area contributed by atoms with E-state index in [-0.39, 0.29) is 18.9 Å². The molecule has 0 saturated carbocycles. The Hall–Kier alpha value is -3.44. The third kappa shape index (κ3) is 5.19. The maximum Gasteiger partial charge on any atom is 0.240 e. The zero-order valence-corrected chi connectivity index (χ0v) is 17.5. The van der Waals surface area contributed by atoms with Gasteiger partial charge in [0.15, 0.2) is 0 Å². The van der Waals surface area contributed by atoms with Crippen molar-refractivity contribution in [1.82, 2.24) is 9.80 Å². The molecule has 0 radical (unpaired) electrons. The van der Waals surface area contributed by atoms with Gasteiger partial charge >= 0.3 is 0 Å². The summed E-state index contributed by atoms with van der Waals surface area (Å²) in [6, 6.07) is 14.4. The number of alkyl halides is 1. The van der Waals surface area contributed by atoms with Gasteiger partial charge in [-0.3, -0.25) is 9.59 Å². The molecular formula is C23H25FN4O3. The molecule has 2 aromatic carbocycles. The Bertz CT molecular complexity index is 970. The van der Waals surface area contributed by atoms with E-state index in [1.165, 1.54) is 9.80 Å². The van der Waals surface area contributed by atoms with Crippen molar-refractivity contribution in [3.05, 3.63) is 59.7 Å². The molecule has 2 N–H and O–H groups in total. The third-order valence-electron chi connectivity index (χ3n) is 5.25. The number of hydrogen-bond acceptors (Lipinski definition) is 5. The molecule has 8 heteroatoms. The molecule has 1 aliphatic heterocycles. The van der Waals surface area contributed by atoms with Crippen molar-refractivity contribution < 1.29 is 18.7 Å². The molecule has 1 aliphatic rings. The van der Waals surface area contributed by atoms with Crippen molar-refractivity contribution in [2.24, 2.45) is 5.73 Å². The average Bonchev–Trinajstić information content (AvgIpc) is 3.21. The Labute approximate surface area is 180 Å². The summed E-state index contributed by atoms with van der Waals surface area (Å²) in [4.78, 5) is 28.4. The molecule has 0 spiro atoms. The molecule has 1 fully saturated rings. The maximum absolute atomic E-state index is 13.5. The number of rotatable bonds is 6. The van der Waals surface area contributed by atoms with Crippen LogP contribution in [-0.4, -0.2) is 61.0 Å². The molecule has 0 bridgehead atoms. The van der Waals surface area contributed by atoms with Crippen molar-refractivity contribution in [2.45, 2.75) is 24.6 Å². The summed E-state index contributed by atoms with van der Waals surface area (Å²) in [6.07, 6.45) is -0.774. The van der Waals surface area contributed by atoms with Crippen LogP contribution in [0.1, 0.15) is 23.5 Å². The highest BCUT2D eigenvalue weighted by Gasteiger charge is 2.37. The Morgan fingerprint density at radius 3 is 2.23 bits per heavy atom. The fourth-order valence-corrected chi connectivity index (χ4v) is 3.53. The first-order valence-electron chi connectivity index (χ1n) is 9.97. The number of ether oxygens (including phenoxy) is 1. The van der Waals surface area contributed by atoms with Gasteiger partial charge in [0.05, 0.1) is 24.1 Å². The molecule has 31 heavy (non-hydrogen) atoms. The van der Waals surface area contributed by atoms with Gasteiger partial charge in [-0.15, -0.1) is 0 Å². The number of nitriles is 1. The number of amides is 2. The number of likely N-dealkylation sites (N-methyl/N-ethyl adjacent to an activating group) is 1. The first-order valence-corrected chi connectivity index (χ1v) is 9.97. The quantitative estimate of drug-likeness (QED) is 0.768. The van der Waals surface area contributed by atoms with Crippen LogP contribution >= 0.6 is 0 Å². The molecular weight excluding hydrogens is 399 g/mol. The van der Waals surface area contributed by atoms with Crippen LogP contribution in [0.25, 0.3) is 0 Å². The smallest absolute Gasteiger partial charge is 0.240 e. The maximum atomic E-state index is 13.5. The van der Waals surface area contributed by atoms with Crippen molar-refractivity contribution in [3.63, 3.8) is 0 Å². The van der Waals surface area contributed by atoms with Crippen molar-refractivity contribution in [3.8, 4) is 17.6 Å². The zero-order valence-electron chi connectivity index (χ0n) is 17.5. The van der Waals surface area contributed by atoms with Crippen LogP contribution in [0.15, 0.2) is 48.5 Å². The molecule has 162 valence electrons. The summed E-state index contributed by atoms with van der Waals surface area (Å²) < 4.78 is 19.3. The lowest BCUT2D eigenvalue weighted by molar-refractivity contribution is -0.138. The fraction of sp³-hybridized carbons (Fsp3) is 0.348. The number of carbonyl (C=O) groups is 2. The van der Waals surface area contributed by atoms with E-state index in [1.54, 1.807) is 62.6 Å². The summed E-state index contributed by atoms with van der Waals surface area (Å²) in [7, 11) is 3.20. The van der Waals surface area contributed by atoms with Gasteiger partial charge < -0.3 is 20.3 Å². The number of nitrogens with zero attached hydrogens (tertiary/aromatic N) is 3. The van der Waals surface area contributed by atoms with E-state index in [0.717, 1.165) is 0 Å². The molecule has 7 nitrogen and oxygen atoms in total. The second-order valence-electron chi connectivity index (χ2n) is 7.71. The van der Waals surface area contributed by atoms with E-state index >= 15 is 0 Å². The number of benzene rings is 2. The minimum Gasteiger partial charge on any atom is -0.457 e. The molecule has 0 unspecified atom stereocenters. The van der Waals surface area contributed by atoms with Gasteiger partial charge in [-0.25, -0.2) is 4.39 Å². The van der Waals surface area contributed by atoms with Gasteiger partial charge in [-0.2, -0.15) is 5.26 Å². The summed E-state index contributed by atoms with van der Waals surface area (Å²) in [5.74, 6) is -0.542. The Morgan fingerprint density at radius 1 is 1.16 bits per heavy atom. The minimum absolute atomic E-state index is 0.00672. The molecule has 3 atom stereocenters. The summed E-state index contributed by atoms with van der Waals surface area (Å²) in [6.45, 7) is 0.306. The van der Waals surface area contributed by atoms with E-state index in [2.05, 4.69) is 0 Å². The van der Waals surface area contributed by atoms with Gasteiger partial charge in [-0.1, -0.05) is 12.1 Å². The van der Waals surface area contributed by atoms with E-state index in [1.807, 2.05) is 6.07 Å². The normalized spacial score (nSPS) is 17.5. The number of carbonyl (C=O) groups excluding carboxylic acids is 2. The van der Waals surface area contributed by atoms with Crippen LogP contribution in [0, 0.1) is 11.3 Å². The average molecular weight is 424 g/mol. The highest BCUT2D eigenvalue weighted by Crippen LogP contribution is 2.28. The van der Waals surface area contributed by atoms with Crippen LogP contribution in [0.2, 0.25) is 0 Å². The fourth-order valence-electron chi connectivity index (χ4n) is 3.53. The second-order valence-corrected chi connectivity index (χ2v) is 7.71. The van der Waals surface area contributed by atoms with E-state index in [9.17, 15) is 14.0 Å². The molecule has 2 amide bonds. The van der Waals surface area contributed by atoms with Crippen LogP contribution in [-0.2, 0) is 9.59 Å². The summed E-state index contributed by atoms with van der Waals surface area (Å²) >= 11 is 0. The lowest BCUT2D eigenvalue weighted by atomic mass is 9.89. The van der Waals surface area contributed by atoms with Gasteiger partial charge in [0.2, 0.25) is 11.8 Å². The minimum atomic E-state index is -1.12. The molecule has 3 rings (SSSR count). The third-order valence-corrected chi connectivity index (χ3v) is 5.25. The highest BCUT2D eigenvalue weighted by molar-refractivity contribution is 5.93. The predicted molar refractivity (Wildman–Crippen MR) is 113 cm³/mol. The Morgan fingerprint density at radius 2 is 1.74 bits per heavy atom. The number of hydrogen-bond donors (Lipinski definition) is 1. The predicted octanol–water partition coefficient (Wildman–Crippen LogP) is 2.42. The van der Waals surface area contributed by atoms with Crippen LogP contribution in [0.4, 0.5) is 4.39 Å². The Balaban J connectivity index is 1.79. The van der Waals surface area contributed by atoms with Crippen molar-refractivity contribution in [2.75, 3.05) is 27.2 Å². The van der Waals surface area contributed by atoms with Gasteiger partial charge in [0, 0.05) is 20.6 Å². The lowest BCUT2D eigenvalue weighted by Gasteiger charge is -2.28. The van der Waals surface area contributed by atoms with Crippen LogP contribution < -0.4 is 10.5 Å².